The quantitative estimate of drug-likeness (QED) is 0.721. The Morgan fingerprint density at radius 3 is 2.67 bits per heavy atom. The zero-order chi connectivity index (χ0) is 13.4. The summed E-state index contributed by atoms with van der Waals surface area (Å²) >= 11 is 0. The molecule has 0 saturated carbocycles. The number of anilines is 1. The Morgan fingerprint density at radius 2 is 2.06 bits per heavy atom. The van der Waals surface area contributed by atoms with Gasteiger partial charge in [-0.15, -0.1) is 0 Å². The number of benzene rings is 1. The predicted molar refractivity (Wildman–Crippen MR) is 77.5 cm³/mol. The molecule has 0 unspecified atom stereocenters. The topological polar surface area (TPSA) is 38.5 Å². The Kier molecular flexibility index (Phi) is 6.76. The molecule has 0 atom stereocenters. The molecule has 2 N–H and O–H groups in total. The van der Waals surface area contributed by atoms with Crippen LogP contribution in [-0.4, -0.2) is 30.7 Å². The Hall–Kier alpha value is -1.06. The highest BCUT2D eigenvalue weighted by molar-refractivity contribution is 5.40. The second kappa shape index (κ2) is 8.11. The van der Waals surface area contributed by atoms with Crippen LogP contribution < -0.4 is 5.73 Å². The van der Waals surface area contributed by atoms with Crippen molar-refractivity contribution in [3.05, 3.63) is 29.8 Å². The monoisotopic (exact) mass is 250 g/mol. The molecule has 1 aromatic carbocycles. The molecule has 1 rings (SSSR count). The molecule has 3 heteroatoms. The Balaban J connectivity index is 2.46. The third kappa shape index (κ3) is 6.03. The van der Waals surface area contributed by atoms with E-state index in [0.29, 0.717) is 6.10 Å². The lowest BCUT2D eigenvalue weighted by atomic mass is 10.2. The van der Waals surface area contributed by atoms with E-state index in [4.69, 9.17) is 10.5 Å². The second-order valence-electron chi connectivity index (χ2n) is 4.94. The van der Waals surface area contributed by atoms with Gasteiger partial charge in [0.2, 0.25) is 0 Å². The summed E-state index contributed by atoms with van der Waals surface area (Å²) in [6.07, 6.45) is 1.46. The van der Waals surface area contributed by atoms with Gasteiger partial charge in [0.15, 0.2) is 0 Å². The van der Waals surface area contributed by atoms with Crippen molar-refractivity contribution in [2.24, 2.45) is 0 Å². The molecule has 0 aliphatic carbocycles. The average Bonchev–Trinajstić information content (AvgIpc) is 2.28. The maximum absolute atomic E-state index is 5.80. The van der Waals surface area contributed by atoms with Gasteiger partial charge in [-0.1, -0.05) is 19.1 Å². The van der Waals surface area contributed by atoms with Crippen molar-refractivity contribution in [3.63, 3.8) is 0 Å². The molecule has 0 radical (unpaired) electrons. The molecule has 0 heterocycles. The van der Waals surface area contributed by atoms with E-state index in [2.05, 4.69) is 31.7 Å². The molecule has 102 valence electrons. The zero-order valence-electron chi connectivity index (χ0n) is 11.9. The summed E-state index contributed by atoms with van der Waals surface area (Å²) in [5.41, 5.74) is 7.91. The van der Waals surface area contributed by atoms with Crippen molar-refractivity contribution >= 4 is 5.69 Å². The van der Waals surface area contributed by atoms with Crippen LogP contribution in [-0.2, 0) is 11.3 Å². The highest BCUT2D eigenvalue weighted by Gasteiger charge is 2.06. The van der Waals surface area contributed by atoms with Crippen molar-refractivity contribution in [3.8, 4) is 0 Å². The fourth-order valence-corrected chi connectivity index (χ4v) is 1.95. The smallest absolute Gasteiger partial charge is 0.0597 e. The molecule has 0 aliphatic rings. The zero-order valence-corrected chi connectivity index (χ0v) is 11.9. The number of nitrogen functional groups attached to an aromatic ring is 1. The minimum atomic E-state index is 0.306. The van der Waals surface area contributed by atoms with Crippen LogP contribution in [0, 0.1) is 0 Å². The van der Waals surface area contributed by atoms with Crippen LogP contribution in [0.3, 0.4) is 0 Å². The molecule has 0 saturated heterocycles. The van der Waals surface area contributed by atoms with E-state index in [1.165, 1.54) is 5.56 Å². The summed E-state index contributed by atoms with van der Waals surface area (Å²) < 4.78 is 5.61. The maximum Gasteiger partial charge on any atom is 0.0597 e. The van der Waals surface area contributed by atoms with Gasteiger partial charge >= 0.3 is 0 Å². The first kappa shape index (κ1) is 15.0. The lowest BCUT2D eigenvalue weighted by molar-refractivity contribution is 0.0574. The van der Waals surface area contributed by atoms with Crippen LogP contribution in [0.4, 0.5) is 5.69 Å². The number of hydrogen-bond acceptors (Lipinski definition) is 3. The molecule has 0 aliphatic heterocycles. The number of ether oxygens (including phenoxy) is 1. The van der Waals surface area contributed by atoms with Gasteiger partial charge in [-0.25, -0.2) is 0 Å². The van der Waals surface area contributed by atoms with E-state index in [1.807, 2.05) is 18.2 Å². The van der Waals surface area contributed by atoms with Gasteiger partial charge in [0.1, 0.15) is 0 Å². The summed E-state index contributed by atoms with van der Waals surface area (Å²) in [5, 5.41) is 0. The van der Waals surface area contributed by atoms with Gasteiger partial charge in [0.25, 0.3) is 0 Å². The summed E-state index contributed by atoms with van der Waals surface area (Å²) in [7, 11) is 0. The third-order valence-electron chi connectivity index (χ3n) is 2.76. The molecule has 0 bridgehead atoms. The minimum absolute atomic E-state index is 0.306. The van der Waals surface area contributed by atoms with E-state index in [0.717, 1.165) is 38.3 Å². The highest BCUT2D eigenvalue weighted by atomic mass is 16.5. The Morgan fingerprint density at radius 1 is 1.28 bits per heavy atom. The van der Waals surface area contributed by atoms with Crippen LogP contribution >= 0.6 is 0 Å². The fraction of sp³-hybridized carbons (Fsp3) is 0.600. The predicted octanol–water partition coefficient (Wildman–Crippen LogP) is 2.91. The lowest BCUT2D eigenvalue weighted by Crippen LogP contribution is -2.28. The van der Waals surface area contributed by atoms with Crippen molar-refractivity contribution in [2.45, 2.75) is 39.8 Å². The van der Waals surface area contributed by atoms with Crippen molar-refractivity contribution in [2.75, 3.05) is 25.4 Å². The molecule has 1 aromatic rings. The largest absolute Gasteiger partial charge is 0.399 e. The summed E-state index contributed by atoms with van der Waals surface area (Å²) in [6, 6.07) is 8.11. The van der Waals surface area contributed by atoms with Gasteiger partial charge in [0.05, 0.1) is 12.7 Å². The van der Waals surface area contributed by atoms with E-state index in [1.54, 1.807) is 0 Å². The first-order chi connectivity index (χ1) is 8.61. The van der Waals surface area contributed by atoms with Crippen molar-refractivity contribution in [1.29, 1.82) is 0 Å². The molecule has 0 amide bonds. The van der Waals surface area contributed by atoms with Crippen LogP contribution in [0.15, 0.2) is 24.3 Å². The molecular weight excluding hydrogens is 224 g/mol. The minimum Gasteiger partial charge on any atom is -0.399 e. The van der Waals surface area contributed by atoms with E-state index >= 15 is 0 Å². The molecule has 18 heavy (non-hydrogen) atoms. The van der Waals surface area contributed by atoms with E-state index in [9.17, 15) is 0 Å². The van der Waals surface area contributed by atoms with Crippen LogP contribution in [0.5, 0.6) is 0 Å². The van der Waals surface area contributed by atoms with Crippen LogP contribution in [0.2, 0.25) is 0 Å². The fourth-order valence-electron chi connectivity index (χ4n) is 1.95. The van der Waals surface area contributed by atoms with Gasteiger partial charge in [-0.3, -0.25) is 4.90 Å². The van der Waals surface area contributed by atoms with Gasteiger partial charge in [0, 0.05) is 18.8 Å². The maximum atomic E-state index is 5.80. The number of nitrogens with two attached hydrogens (primary N) is 1. The third-order valence-corrected chi connectivity index (χ3v) is 2.76. The highest BCUT2D eigenvalue weighted by Crippen LogP contribution is 2.10. The van der Waals surface area contributed by atoms with E-state index < -0.39 is 0 Å². The van der Waals surface area contributed by atoms with E-state index in [-0.39, 0.29) is 0 Å². The first-order valence-electron chi connectivity index (χ1n) is 6.80. The van der Waals surface area contributed by atoms with Crippen LogP contribution in [0.25, 0.3) is 0 Å². The molecule has 0 spiro atoms. The summed E-state index contributed by atoms with van der Waals surface area (Å²) in [6.45, 7) is 10.1. The molecule has 0 fully saturated rings. The van der Waals surface area contributed by atoms with Gasteiger partial charge in [-0.05, 0) is 44.5 Å². The van der Waals surface area contributed by atoms with Gasteiger partial charge < -0.3 is 10.5 Å². The second-order valence-corrected chi connectivity index (χ2v) is 4.94. The first-order valence-corrected chi connectivity index (χ1v) is 6.80. The normalized spacial score (nSPS) is 11.4. The number of nitrogens with zero attached hydrogens (tertiary/aromatic N) is 1. The SMILES string of the molecule is CCCN(CCOC(C)C)Cc1cccc(N)c1. The number of rotatable bonds is 8. The molecule has 0 aromatic heterocycles. The van der Waals surface area contributed by atoms with Crippen molar-refractivity contribution in [1.82, 2.24) is 4.90 Å². The lowest BCUT2D eigenvalue weighted by Gasteiger charge is -2.22. The number of hydrogen-bond donors (Lipinski definition) is 1. The Bertz CT molecular complexity index is 339. The standard InChI is InChI=1S/C15H26N2O/c1-4-8-17(9-10-18-13(2)3)12-14-6-5-7-15(16)11-14/h5-7,11,13H,4,8-10,12,16H2,1-3H3. The summed E-state index contributed by atoms with van der Waals surface area (Å²) in [5.74, 6) is 0. The van der Waals surface area contributed by atoms with Crippen molar-refractivity contribution < 1.29 is 4.74 Å². The summed E-state index contributed by atoms with van der Waals surface area (Å²) in [4.78, 5) is 2.41. The molecule has 3 nitrogen and oxygen atoms in total. The van der Waals surface area contributed by atoms with Crippen LogP contribution in [0.1, 0.15) is 32.8 Å². The average molecular weight is 250 g/mol. The Labute approximate surface area is 111 Å². The molecular formula is C15H26N2O. The van der Waals surface area contributed by atoms with Gasteiger partial charge in [-0.2, -0.15) is 0 Å².